The zero-order valence-corrected chi connectivity index (χ0v) is 11.5. The molecule has 0 spiro atoms. The molecular formula is C13H13FN4O3. The first kappa shape index (κ1) is 14.6. The fourth-order valence-electron chi connectivity index (χ4n) is 1.89. The molecule has 1 N–H and O–H groups in total. The largest absolute Gasteiger partial charge is 0.319 e. The number of non-ortho nitro benzene ring substituents is 1. The third-order valence-electron chi connectivity index (χ3n) is 2.89. The lowest BCUT2D eigenvalue weighted by molar-refractivity contribution is -0.384. The highest BCUT2D eigenvalue weighted by Crippen LogP contribution is 2.20. The number of nitrogens with one attached hydrogen (secondary N) is 1. The Labute approximate surface area is 119 Å². The molecule has 2 rings (SSSR count). The second-order valence-corrected chi connectivity index (χ2v) is 4.39. The Morgan fingerprint density at radius 2 is 2.24 bits per heavy atom. The van der Waals surface area contributed by atoms with Crippen molar-refractivity contribution in [1.29, 1.82) is 0 Å². The van der Waals surface area contributed by atoms with Crippen molar-refractivity contribution in [3.8, 4) is 0 Å². The van der Waals surface area contributed by atoms with Crippen LogP contribution in [0.15, 0.2) is 24.4 Å². The van der Waals surface area contributed by atoms with Crippen molar-refractivity contribution in [2.75, 3.05) is 5.32 Å². The molecule has 0 bridgehead atoms. The molecule has 0 aliphatic carbocycles. The summed E-state index contributed by atoms with van der Waals surface area (Å²) in [6.07, 6.45) is 2.18. The molecule has 7 nitrogen and oxygen atoms in total. The number of halogens is 1. The molecule has 0 saturated heterocycles. The van der Waals surface area contributed by atoms with Crippen LogP contribution in [-0.4, -0.2) is 20.6 Å². The van der Waals surface area contributed by atoms with E-state index in [0.717, 1.165) is 18.2 Å². The van der Waals surface area contributed by atoms with E-state index in [-0.39, 0.29) is 11.3 Å². The first-order valence-electron chi connectivity index (χ1n) is 6.20. The van der Waals surface area contributed by atoms with Crippen molar-refractivity contribution in [2.45, 2.75) is 13.3 Å². The van der Waals surface area contributed by atoms with Crippen LogP contribution in [0, 0.1) is 15.9 Å². The monoisotopic (exact) mass is 292 g/mol. The lowest BCUT2D eigenvalue weighted by Gasteiger charge is -2.05. The smallest absolute Gasteiger partial charge is 0.270 e. The molecule has 0 aliphatic heterocycles. The van der Waals surface area contributed by atoms with Gasteiger partial charge in [-0.15, -0.1) is 0 Å². The molecule has 1 heterocycles. The van der Waals surface area contributed by atoms with E-state index < -0.39 is 16.6 Å². The van der Waals surface area contributed by atoms with E-state index in [1.54, 1.807) is 13.2 Å². The maximum Gasteiger partial charge on any atom is 0.270 e. The molecule has 0 atom stereocenters. The highest BCUT2D eigenvalue weighted by Gasteiger charge is 2.18. The lowest BCUT2D eigenvalue weighted by Crippen LogP contribution is -2.14. The van der Waals surface area contributed by atoms with Crippen molar-refractivity contribution in [3.63, 3.8) is 0 Å². The van der Waals surface area contributed by atoms with E-state index in [4.69, 9.17) is 0 Å². The van der Waals surface area contributed by atoms with Crippen LogP contribution >= 0.6 is 0 Å². The number of carbonyl (C=O) groups excluding carboxylic acids is 1. The molecule has 0 radical (unpaired) electrons. The van der Waals surface area contributed by atoms with Gasteiger partial charge in [0.15, 0.2) is 0 Å². The van der Waals surface area contributed by atoms with Crippen LogP contribution in [0.5, 0.6) is 0 Å². The van der Waals surface area contributed by atoms with Crippen LogP contribution in [0.3, 0.4) is 0 Å². The van der Waals surface area contributed by atoms with Crippen LogP contribution in [0.1, 0.15) is 23.0 Å². The summed E-state index contributed by atoms with van der Waals surface area (Å²) in [6, 6.07) is 2.82. The first-order valence-corrected chi connectivity index (χ1v) is 6.20. The predicted octanol–water partition coefficient (Wildman–Crippen LogP) is 2.28. The number of carbonyl (C=O) groups is 1. The Morgan fingerprint density at radius 1 is 1.52 bits per heavy atom. The third-order valence-corrected chi connectivity index (χ3v) is 2.89. The first-order chi connectivity index (χ1) is 9.92. The minimum Gasteiger partial charge on any atom is -0.319 e. The maximum atomic E-state index is 13.7. The van der Waals surface area contributed by atoms with Crippen molar-refractivity contribution in [3.05, 3.63) is 51.6 Å². The molecule has 1 aromatic heterocycles. The number of nitro groups is 1. The number of hydrogen-bond donors (Lipinski definition) is 1. The van der Waals surface area contributed by atoms with Gasteiger partial charge in [-0.05, 0) is 12.5 Å². The topological polar surface area (TPSA) is 90.1 Å². The number of benzene rings is 1. The fourth-order valence-corrected chi connectivity index (χ4v) is 1.89. The molecule has 21 heavy (non-hydrogen) atoms. The van der Waals surface area contributed by atoms with Crippen molar-refractivity contribution < 1.29 is 14.1 Å². The average Bonchev–Trinajstić information content (AvgIpc) is 2.78. The second-order valence-electron chi connectivity index (χ2n) is 4.39. The summed E-state index contributed by atoms with van der Waals surface area (Å²) in [6.45, 7) is 1.87. The number of nitrogens with zero attached hydrogens (tertiary/aromatic N) is 3. The molecule has 1 aromatic carbocycles. The summed E-state index contributed by atoms with van der Waals surface area (Å²) in [5.41, 5.74) is 0.381. The molecule has 1 amide bonds. The standard InChI is InChI=1S/C13H13FN4O3/c1-3-11-12(7-17(2)16-11)15-13(19)9-6-8(18(20)21)4-5-10(9)14/h4-7H,3H2,1-2H3,(H,15,19). The van der Waals surface area contributed by atoms with Crippen LogP contribution < -0.4 is 5.32 Å². The Morgan fingerprint density at radius 3 is 2.86 bits per heavy atom. The Hall–Kier alpha value is -2.77. The number of hydrogen-bond acceptors (Lipinski definition) is 4. The van der Waals surface area contributed by atoms with Crippen LogP contribution in [-0.2, 0) is 13.5 Å². The van der Waals surface area contributed by atoms with E-state index in [1.807, 2.05) is 6.92 Å². The number of nitro benzene ring substituents is 1. The molecule has 0 unspecified atom stereocenters. The molecule has 8 heteroatoms. The van der Waals surface area contributed by atoms with Crippen molar-refractivity contribution in [2.24, 2.45) is 7.05 Å². The van der Waals surface area contributed by atoms with Gasteiger partial charge in [-0.25, -0.2) is 4.39 Å². The van der Waals surface area contributed by atoms with E-state index in [1.165, 1.54) is 4.68 Å². The quantitative estimate of drug-likeness (QED) is 0.691. The Bertz CT molecular complexity index is 711. The van der Waals surface area contributed by atoms with Crippen LogP contribution in [0.2, 0.25) is 0 Å². The normalized spacial score (nSPS) is 10.4. The number of rotatable bonds is 4. The summed E-state index contributed by atoms with van der Waals surface area (Å²) in [7, 11) is 1.70. The van der Waals surface area contributed by atoms with Gasteiger partial charge in [0.25, 0.3) is 11.6 Å². The van der Waals surface area contributed by atoms with Gasteiger partial charge in [-0.1, -0.05) is 6.92 Å². The predicted molar refractivity (Wildman–Crippen MR) is 73.6 cm³/mol. The Balaban J connectivity index is 2.31. The molecule has 0 fully saturated rings. The highest BCUT2D eigenvalue weighted by atomic mass is 19.1. The van der Waals surface area contributed by atoms with Crippen molar-refractivity contribution >= 4 is 17.3 Å². The summed E-state index contributed by atoms with van der Waals surface area (Å²) in [5.74, 6) is -1.57. The van der Waals surface area contributed by atoms with Gasteiger partial charge < -0.3 is 5.32 Å². The minimum atomic E-state index is -0.819. The van der Waals surface area contributed by atoms with E-state index in [2.05, 4.69) is 10.4 Å². The van der Waals surface area contributed by atoms with Gasteiger partial charge in [0.2, 0.25) is 0 Å². The molecule has 2 aromatic rings. The SMILES string of the molecule is CCc1nn(C)cc1NC(=O)c1cc([N+](=O)[O-])ccc1F. The number of aryl methyl sites for hydroxylation is 2. The zero-order chi connectivity index (χ0) is 15.6. The lowest BCUT2D eigenvalue weighted by atomic mass is 10.1. The molecule has 110 valence electrons. The van der Waals surface area contributed by atoms with Crippen LogP contribution in [0.25, 0.3) is 0 Å². The zero-order valence-electron chi connectivity index (χ0n) is 11.5. The van der Waals surface area contributed by atoms with Gasteiger partial charge in [-0.2, -0.15) is 5.10 Å². The number of amides is 1. The summed E-state index contributed by atoms with van der Waals surface area (Å²) in [5, 5.41) is 17.4. The molecule has 0 saturated carbocycles. The fraction of sp³-hybridized carbons (Fsp3) is 0.231. The third kappa shape index (κ3) is 3.04. The molecule has 0 aliphatic rings. The number of anilines is 1. The van der Waals surface area contributed by atoms with E-state index >= 15 is 0 Å². The van der Waals surface area contributed by atoms with Crippen LogP contribution in [0.4, 0.5) is 15.8 Å². The van der Waals surface area contributed by atoms with Gasteiger partial charge >= 0.3 is 0 Å². The highest BCUT2D eigenvalue weighted by molar-refractivity contribution is 6.05. The van der Waals surface area contributed by atoms with Gasteiger partial charge in [0.05, 0.1) is 21.9 Å². The van der Waals surface area contributed by atoms with Gasteiger partial charge in [0, 0.05) is 25.4 Å². The maximum absolute atomic E-state index is 13.7. The summed E-state index contributed by atoms with van der Waals surface area (Å²) in [4.78, 5) is 22.1. The van der Waals surface area contributed by atoms with E-state index in [0.29, 0.717) is 17.8 Å². The minimum absolute atomic E-state index is 0.344. The van der Waals surface area contributed by atoms with Crippen molar-refractivity contribution in [1.82, 2.24) is 9.78 Å². The molecular weight excluding hydrogens is 279 g/mol. The van der Waals surface area contributed by atoms with E-state index in [9.17, 15) is 19.3 Å². The average molecular weight is 292 g/mol. The Kier molecular flexibility index (Phi) is 3.97. The summed E-state index contributed by atoms with van der Waals surface area (Å²) >= 11 is 0. The second kappa shape index (κ2) is 5.70. The number of aromatic nitrogens is 2. The van der Waals surface area contributed by atoms with Gasteiger partial charge in [-0.3, -0.25) is 19.6 Å². The van der Waals surface area contributed by atoms with Gasteiger partial charge in [0.1, 0.15) is 5.82 Å². The summed E-state index contributed by atoms with van der Waals surface area (Å²) < 4.78 is 15.2.